The highest BCUT2D eigenvalue weighted by Gasteiger charge is 2.22. The third-order valence-corrected chi connectivity index (χ3v) is 9.54. The van der Waals surface area contributed by atoms with E-state index in [1.807, 2.05) is 44.7 Å². The second-order valence-electron chi connectivity index (χ2n) is 10.3. The van der Waals surface area contributed by atoms with E-state index in [2.05, 4.69) is 47.0 Å². The number of carboxylic acid groups (broad SMARTS) is 1. The zero-order valence-corrected chi connectivity index (χ0v) is 27.6. The van der Waals surface area contributed by atoms with Crippen molar-refractivity contribution < 1.29 is 23.5 Å². The van der Waals surface area contributed by atoms with E-state index in [1.54, 1.807) is 12.1 Å². The van der Waals surface area contributed by atoms with E-state index in [9.17, 15) is 18.4 Å². The molecule has 2 aliphatic rings. The second-order valence-corrected chi connectivity index (χ2v) is 11.8. The van der Waals surface area contributed by atoms with Gasteiger partial charge in [0, 0.05) is 80.0 Å². The molecule has 7 nitrogen and oxygen atoms in total. The Morgan fingerprint density at radius 2 is 1.12 bits per heavy atom. The fraction of sp³-hybridized carbons (Fsp3) is 0.533. The fourth-order valence-electron chi connectivity index (χ4n) is 4.67. The number of hydrogen-bond donors (Lipinski definition) is 2. The number of carbonyl (C=O) groups is 2. The number of carboxylic acids is 1. The number of benzene rings is 2. The minimum atomic E-state index is -0.881. The Kier molecular flexibility index (Phi) is 15.4. The Morgan fingerprint density at radius 3 is 1.51 bits per heavy atom. The van der Waals surface area contributed by atoms with Crippen LogP contribution in [0.4, 0.5) is 8.78 Å². The van der Waals surface area contributed by atoms with Crippen LogP contribution in [0.15, 0.2) is 33.2 Å². The molecule has 0 unspecified atom stereocenters. The molecule has 0 bridgehead atoms. The predicted molar refractivity (Wildman–Crippen MR) is 168 cm³/mol. The second kappa shape index (κ2) is 17.9. The maximum atomic E-state index is 12.5. The summed E-state index contributed by atoms with van der Waals surface area (Å²) in [6, 6.07) is 7.15. The molecule has 0 radical (unpaired) electrons. The number of nitrogens with one attached hydrogen (secondary N) is 1. The average Bonchev–Trinajstić information content (AvgIpc) is 2.95. The van der Waals surface area contributed by atoms with Crippen LogP contribution in [0.1, 0.15) is 43.0 Å². The maximum absolute atomic E-state index is 12.5. The minimum absolute atomic E-state index is 0.0728. The fourth-order valence-corrected chi connectivity index (χ4v) is 5.13. The number of aryl methyl sites for hydroxylation is 4. The summed E-state index contributed by atoms with van der Waals surface area (Å²) < 4.78 is 26.1. The quantitative estimate of drug-likeness (QED) is 0.419. The molecule has 0 aliphatic carbocycles. The van der Waals surface area contributed by atoms with Crippen molar-refractivity contribution >= 4 is 43.7 Å². The molecule has 41 heavy (non-hydrogen) atoms. The van der Waals surface area contributed by atoms with E-state index in [0.29, 0.717) is 31.7 Å². The van der Waals surface area contributed by atoms with Crippen molar-refractivity contribution in [2.24, 2.45) is 0 Å². The van der Waals surface area contributed by atoms with Crippen molar-refractivity contribution in [3.63, 3.8) is 0 Å². The van der Waals surface area contributed by atoms with Gasteiger partial charge < -0.3 is 15.3 Å². The molecule has 2 heterocycles. The summed E-state index contributed by atoms with van der Waals surface area (Å²) in [5.41, 5.74) is 5.13. The van der Waals surface area contributed by atoms with Crippen LogP contribution in [0.2, 0.25) is 0 Å². The molecule has 0 aromatic heterocycles. The minimum Gasteiger partial charge on any atom is -0.478 e. The van der Waals surface area contributed by atoms with Crippen LogP contribution >= 0.6 is 31.9 Å². The Hall–Kier alpha value is -1.92. The van der Waals surface area contributed by atoms with Gasteiger partial charge in [-0.3, -0.25) is 14.6 Å². The molecule has 0 spiro atoms. The van der Waals surface area contributed by atoms with Gasteiger partial charge in [0.2, 0.25) is 0 Å². The standard InChI is InChI=1S/C15H20BrFN2O.C9H9BrO2.C6H13FN2/c1-11-9-13(10-12(2)14(11)16)15(20)19-7-5-18(4-3-17)6-8-19;1-5-3-7(9(11)12)4-6(2)8(5)10;7-1-4-9-5-2-8-3-6-9/h9-10H,3-8H2,1-2H3;3-4H,1-2H3,(H,11,12);8H,1-6H2. The van der Waals surface area contributed by atoms with E-state index in [0.717, 1.165) is 76.0 Å². The van der Waals surface area contributed by atoms with E-state index in [4.69, 9.17) is 5.11 Å². The van der Waals surface area contributed by atoms with Crippen LogP contribution in [0.3, 0.4) is 0 Å². The lowest BCUT2D eigenvalue weighted by Gasteiger charge is -2.34. The van der Waals surface area contributed by atoms with Gasteiger partial charge >= 0.3 is 5.97 Å². The normalized spacial score (nSPS) is 15.9. The van der Waals surface area contributed by atoms with Crippen LogP contribution in [-0.4, -0.2) is 110 Å². The number of halogens is 4. The molecule has 4 rings (SSSR count). The molecular weight excluding hydrogens is 662 g/mol. The Labute approximate surface area is 259 Å². The van der Waals surface area contributed by atoms with Gasteiger partial charge in [-0.25, -0.2) is 13.6 Å². The summed E-state index contributed by atoms with van der Waals surface area (Å²) >= 11 is 6.89. The molecule has 1 amide bonds. The SMILES string of the molecule is Cc1cc(C(=O)N2CCN(CCF)CC2)cc(C)c1Br.Cc1cc(C(=O)O)cc(C)c1Br.FCCN1CCNCC1. The highest BCUT2D eigenvalue weighted by Crippen LogP contribution is 2.24. The third kappa shape index (κ3) is 11.4. The van der Waals surface area contributed by atoms with Crippen molar-refractivity contribution in [2.45, 2.75) is 27.7 Å². The molecule has 2 aromatic rings. The maximum Gasteiger partial charge on any atom is 0.335 e. The van der Waals surface area contributed by atoms with Crippen LogP contribution in [0.5, 0.6) is 0 Å². The number of nitrogens with zero attached hydrogens (tertiary/aromatic N) is 3. The number of carbonyl (C=O) groups excluding carboxylic acids is 1. The zero-order valence-electron chi connectivity index (χ0n) is 24.4. The van der Waals surface area contributed by atoms with Crippen LogP contribution in [0, 0.1) is 27.7 Å². The number of hydrogen-bond acceptors (Lipinski definition) is 5. The molecule has 2 fully saturated rings. The van der Waals surface area contributed by atoms with Crippen molar-refractivity contribution in [1.82, 2.24) is 20.0 Å². The van der Waals surface area contributed by atoms with Gasteiger partial charge in [-0.2, -0.15) is 0 Å². The molecule has 2 N–H and O–H groups in total. The molecule has 0 atom stereocenters. The van der Waals surface area contributed by atoms with Gasteiger partial charge in [-0.05, 0) is 74.2 Å². The lowest BCUT2D eigenvalue weighted by Crippen LogP contribution is -2.49. The highest BCUT2D eigenvalue weighted by atomic mass is 79.9. The Morgan fingerprint density at radius 1 is 0.732 bits per heavy atom. The first-order valence-corrected chi connectivity index (χ1v) is 15.4. The van der Waals surface area contributed by atoms with Crippen LogP contribution in [0.25, 0.3) is 0 Å². The van der Waals surface area contributed by atoms with Gasteiger partial charge in [0.25, 0.3) is 5.91 Å². The first-order valence-electron chi connectivity index (χ1n) is 13.8. The summed E-state index contributed by atoms with van der Waals surface area (Å²) in [7, 11) is 0. The lowest BCUT2D eigenvalue weighted by molar-refractivity contribution is 0.0629. The smallest absolute Gasteiger partial charge is 0.335 e. The monoisotopic (exact) mass is 702 g/mol. The van der Waals surface area contributed by atoms with E-state index < -0.39 is 5.97 Å². The number of alkyl halides is 2. The van der Waals surface area contributed by atoms with Gasteiger partial charge in [0.05, 0.1) is 5.56 Å². The van der Waals surface area contributed by atoms with Crippen molar-refractivity contribution in [1.29, 1.82) is 0 Å². The molecule has 2 saturated heterocycles. The predicted octanol–water partition coefficient (Wildman–Crippen LogP) is 5.42. The number of amides is 1. The summed E-state index contributed by atoms with van der Waals surface area (Å²) in [5.74, 6) is -0.808. The van der Waals surface area contributed by atoms with Gasteiger partial charge in [-0.1, -0.05) is 31.9 Å². The van der Waals surface area contributed by atoms with Gasteiger partial charge in [-0.15, -0.1) is 0 Å². The number of rotatable bonds is 6. The third-order valence-electron chi connectivity index (χ3n) is 7.04. The van der Waals surface area contributed by atoms with E-state index >= 15 is 0 Å². The van der Waals surface area contributed by atoms with Crippen molar-refractivity contribution in [2.75, 3.05) is 78.8 Å². The van der Waals surface area contributed by atoms with Crippen LogP contribution < -0.4 is 5.32 Å². The first kappa shape index (κ1) is 35.3. The number of piperazine rings is 2. The van der Waals surface area contributed by atoms with E-state index in [1.165, 1.54) is 0 Å². The summed E-state index contributed by atoms with van der Waals surface area (Å²) in [5, 5.41) is 11.9. The summed E-state index contributed by atoms with van der Waals surface area (Å²) in [6.07, 6.45) is 0. The molecular formula is C30H42Br2F2N4O3. The molecule has 0 saturated carbocycles. The largest absolute Gasteiger partial charge is 0.478 e. The van der Waals surface area contributed by atoms with Crippen molar-refractivity contribution in [3.05, 3.63) is 66.6 Å². The Bertz CT molecular complexity index is 1110. The van der Waals surface area contributed by atoms with Gasteiger partial charge in [0.1, 0.15) is 13.3 Å². The highest BCUT2D eigenvalue weighted by molar-refractivity contribution is 9.10. The van der Waals surface area contributed by atoms with Gasteiger partial charge in [0.15, 0.2) is 0 Å². The Balaban J connectivity index is 0.000000237. The topological polar surface area (TPSA) is 76.1 Å². The lowest BCUT2D eigenvalue weighted by atomic mass is 10.1. The molecule has 11 heteroatoms. The average molecular weight is 704 g/mol. The molecule has 2 aromatic carbocycles. The number of aromatic carboxylic acids is 1. The van der Waals surface area contributed by atoms with Crippen LogP contribution in [-0.2, 0) is 0 Å². The van der Waals surface area contributed by atoms with Crippen molar-refractivity contribution in [3.8, 4) is 0 Å². The summed E-state index contributed by atoms with van der Waals surface area (Å²) in [6.45, 7) is 15.2. The molecule has 2 aliphatic heterocycles. The molecule has 228 valence electrons. The van der Waals surface area contributed by atoms with E-state index in [-0.39, 0.29) is 19.3 Å². The zero-order chi connectivity index (χ0) is 30.5. The summed E-state index contributed by atoms with van der Waals surface area (Å²) in [4.78, 5) is 29.2. The first-order chi connectivity index (χ1) is 19.5.